The van der Waals surface area contributed by atoms with Crippen LogP contribution in [0.15, 0.2) is 71.6 Å². The lowest BCUT2D eigenvalue weighted by Crippen LogP contribution is -2.52. The van der Waals surface area contributed by atoms with E-state index in [0.717, 1.165) is 9.87 Å². The lowest BCUT2D eigenvalue weighted by molar-refractivity contribution is -0.140. The van der Waals surface area contributed by atoms with Crippen LogP contribution in [0.2, 0.25) is 10.0 Å². The first-order chi connectivity index (χ1) is 18.5. The highest BCUT2D eigenvalue weighted by Crippen LogP contribution is 2.30. The van der Waals surface area contributed by atoms with Crippen LogP contribution in [0.5, 0.6) is 0 Å². The summed E-state index contributed by atoms with van der Waals surface area (Å²) in [5.74, 6) is -0.867. The number of nitrogens with zero attached hydrogens (tertiary/aromatic N) is 2. The quantitative estimate of drug-likeness (QED) is 0.308. The van der Waals surface area contributed by atoms with E-state index in [1.807, 2.05) is 6.92 Å². The maximum absolute atomic E-state index is 14.0. The second-order valence-corrected chi connectivity index (χ2v) is 11.9. The van der Waals surface area contributed by atoms with E-state index < -0.39 is 28.5 Å². The molecule has 0 radical (unpaired) electrons. The van der Waals surface area contributed by atoms with Crippen molar-refractivity contribution in [3.05, 3.63) is 93.5 Å². The summed E-state index contributed by atoms with van der Waals surface area (Å²) in [6, 6.07) is 17.5. The topological polar surface area (TPSA) is 86.8 Å². The number of anilines is 1. The first-order valence-electron chi connectivity index (χ1n) is 12.7. The minimum Gasteiger partial charge on any atom is -0.355 e. The summed E-state index contributed by atoms with van der Waals surface area (Å²) in [7, 11) is -4.16. The molecule has 0 spiro atoms. The van der Waals surface area contributed by atoms with Crippen molar-refractivity contribution in [3.63, 3.8) is 0 Å². The van der Waals surface area contributed by atoms with Crippen molar-refractivity contribution < 1.29 is 18.0 Å². The van der Waals surface area contributed by atoms with Crippen molar-refractivity contribution in [1.29, 1.82) is 0 Å². The van der Waals surface area contributed by atoms with Gasteiger partial charge in [-0.15, -0.1) is 0 Å². The first-order valence-corrected chi connectivity index (χ1v) is 14.8. The Morgan fingerprint density at radius 2 is 1.62 bits per heavy atom. The average Bonchev–Trinajstić information content (AvgIpc) is 2.89. The molecule has 0 aliphatic carbocycles. The molecule has 208 valence electrons. The molecule has 2 amide bonds. The van der Waals surface area contributed by atoms with Crippen LogP contribution >= 0.6 is 23.2 Å². The van der Waals surface area contributed by atoms with Gasteiger partial charge >= 0.3 is 0 Å². The number of benzene rings is 3. The van der Waals surface area contributed by atoms with E-state index in [9.17, 15) is 18.0 Å². The number of sulfonamides is 1. The van der Waals surface area contributed by atoms with Gasteiger partial charge in [-0.2, -0.15) is 0 Å². The summed E-state index contributed by atoms with van der Waals surface area (Å²) >= 11 is 12.6. The van der Waals surface area contributed by atoms with Crippen molar-refractivity contribution in [2.75, 3.05) is 17.4 Å². The van der Waals surface area contributed by atoms with Crippen LogP contribution in [0.1, 0.15) is 37.0 Å². The number of rotatable bonds is 11. The SMILES string of the molecule is CCNC(=O)[C@H](CC)N(Cc1ccccc1Cl)C(=O)CN(c1ccc(Cl)cc1C)S(=O)(=O)c1ccc(C)cc1. The Balaban J connectivity index is 2.11. The number of nitrogens with one attached hydrogen (secondary N) is 1. The molecule has 3 rings (SSSR count). The molecular weight excluding hydrogens is 557 g/mol. The zero-order valence-corrected chi connectivity index (χ0v) is 24.8. The van der Waals surface area contributed by atoms with E-state index in [1.54, 1.807) is 75.4 Å². The summed E-state index contributed by atoms with van der Waals surface area (Å²) < 4.78 is 29.0. The van der Waals surface area contributed by atoms with Gasteiger partial charge in [-0.25, -0.2) is 8.42 Å². The highest BCUT2D eigenvalue weighted by molar-refractivity contribution is 7.92. The number of hydrogen-bond donors (Lipinski definition) is 1. The third-order valence-electron chi connectivity index (χ3n) is 6.35. The molecule has 1 N–H and O–H groups in total. The van der Waals surface area contributed by atoms with Crippen LogP contribution in [0.25, 0.3) is 0 Å². The van der Waals surface area contributed by atoms with Gasteiger partial charge in [0.25, 0.3) is 10.0 Å². The van der Waals surface area contributed by atoms with Crippen LogP contribution in [-0.4, -0.2) is 44.3 Å². The normalized spacial score (nSPS) is 12.1. The number of carbonyl (C=O) groups excluding carboxylic acids is 2. The maximum atomic E-state index is 14.0. The molecule has 0 aliphatic rings. The smallest absolute Gasteiger partial charge is 0.264 e. The monoisotopic (exact) mass is 589 g/mol. The molecular formula is C29H33Cl2N3O4S. The van der Waals surface area contributed by atoms with Crippen molar-refractivity contribution in [1.82, 2.24) is 10.2 Å². The molecule has 0 aromatic heterocycles. The number of hydrogen-bond acceptors (Lipinski definition) is 4. The molecule has 7 nitrogen and oxygen atoms in total. The standard InChI is InChI=1S/C29H33Cl2N3O4S/c1-5-26(29(36)32-6-2)33(18-22-9-7-8-10-25(22)31)28(35)19-34(27-16-13-23(30)17-21(27)4)39(37,38)24-14-11-20(3)12-15-24/h7-17,26H,5-6,18-19H2,1-4H3,(H,32,36)/t26-/m0/s1. The van der Waals surface area contributed by atoms with Crippen LogP contribution < -0.4 is 9.62 Å². The molecule has 1 atom stereocenters. The lowest BCUT2D eigenvalue weighted by Gasteiger charge is -2.33. The molecule has 10 heteroatoms. The van der Waals surface area contributed by atoms with Crippen LogP contribution in [0.4, 0.5) is 5.69 Å². The molecule has 0 fully saturated rings. The second kappa shape index (κ2) is 13.3. The van der Waals surface area contributed by atoms with E-state index in [2.05, 4.69) is 5.32 Å². The number of amides is 2. The van der Waals surface area contributed by atoms with Crippen molar-refractivity contribution >= 4 is 50.7 Å². The van der Waals surface area contributed by atoms with Crippen molar-refractivity contribution in [2.45, 2.75) is 51.6 Å². The van der Waals surface area contributed by atoms with Gasteiger partial charge in [0.2, 0.25) is 11.8 Å². The molecule has 3 aromatic carbocycles. The van der Waals surface area contributed by atoms with E-state index in [4.69, 9.17) is 23.2 Å². The van der Waals surface area contributed by atoms with Gasteiger partial charge in [-0.3, -0.25) is 13.9 Å². The number of carbonyl (C=O) groups is 2. The van der Waals surface area contributed by atoms with E-state index in [-0.39, 0.29) is 17.3 Å². The number of likely N-dealkylation sites (N-methyl/N-ethyl adjacent to an activating group) is 1. The van der Waals surface area contributed by atoms with Crippen molar-refractivity contribution in [3.8, 4) is 0 Å². The summed E-state index contributed by atoms with van der Waals surface area (Å²) in [6.45, 7) is 7.09. The zero-order chi connectivity index (χ0) is 28.7. The number of halogens is 2. The van der Waals surface area contributed by atoms with E-state index in [1.165, 1.54) is 17.0 Å². The molecule has 0 aliphatic heterocycles. The molecule has 3 aromatic rings. The summed E-state index contributed by atoms with van der Waals surface area (Å²) in [5.41, 5.74) is 2.44. The molecule has 0 bridgehead atoms. The third kappa shape index (κ3) is 7.32. The first kappa shape index (κ1) is 30.5. The van der Waals surface area contributed by atoms with E-state index >= 15 is 0 Å². The minimum absolute atomic E-state index is 0.0339. The fraction of sp³-hybridized carbons (Fsp3) is 0.310. The minimum atomic E-state index is -4.16. The Hall–Kier alpha value is -3.07. The van der Waals surface area contributed by atoms with E-state index in [0.29, 0.717) is 39.8 Å². The van der Waals surface area contributed by atoms with Crippen LogP contribution in [0, 0.1) is 13.8 Å². The Labute approximate surface area is 240 Å². The van der Waals surface area contributed by atoms with Gasteiger partial charge in [-0.05, 0) is 74.7 Å². The van der Waals surface area contributed by atoms with Crippen molar-refractivity contribution in [2.24, 2.45) is 0 Å². The fourth-order valence-corrected chi connectivity index (χ4v) is 6.17. The van der Waals surface area contributed by atoms with Gasteiger partial charge in [0, 0.05) is 23.1 Å². The highest BCUT2D eigenvalue weighted by Gasteiger charge is 2.34. The fourth-order valence-electron chi connectivity index (χ4n) is 4.27. The Bertz CT molecular complexity index is 1430. The highest BCUT2D eigenvalue weighted by atomic mass is 35.5. The Morgan fingerprint density at radius 1 is 0.949 bits per heavy atom. The van der Waals surface area contributed by atoms with Gasteiger partial charge in [0.05, 0.1) is 10.6 Å². The molecule has 0 heterocycles. The second-order valence-electron chi connectivity index (χ2n) is 9.19. The van der Waals surface area contributed by atoms with Crippen LogP contribution in [0.3, 0.4) is 0 Å². The van der Waals surface area contributed by atoms with Gasteiger partial charge in [0.15, 0.2) is 0 Å². The summed E-state index contributed by atoms with van der Waals surface area (Å²) in [6.07, 6.45) is 0.326. The average molecular weight is 591 g/mol. The maximum Gasteiger partial charge on any atom is 0.264 e. The van der Waals surface area contributed by atoms with Gasteiger partial charge < -0.3 is 10.2 Å². The van der Waals surface area contributed by atoms with Gasteiger partial charge in [-0.1, -0.05) is 66.0 Å². The molecule has 0 saturated heterocycles. The lowest BCUT2D eigenvalue weighted by atomic mass is 10.1. The summed E-state index contributed by atoms with van der Waals surface area (Å²) in [4.78, 5) is 28.5. The number of aryl methyl sites for hydroxylation is 2. The largest absolute Gasteiger partial charge is 0.355 e. The van der Waals surface area contributed by atoms with Crippen LogP contribution in [-0.2, 0) is 26.2 Å². The van der Waals surface area contributed by atoms with Gasteiger partial charge in [0.1, 0.15) is 12.6 Å². The third-order valence-corrected chi connectivity index (χ3v) is 8.73. The molecule has 0 unspecified atom stereocenters. The molecule has 0 saturated carbocycles. The predicted molar refractivity (Wildman–Crippen MR) is 157 cm³/mol. The molecule has 39 heavy (non-hydrogen) atoms. The Kier molecular flexibility index (Phi) is 10.4. The summed E-state index contributed by atoms with van der Waals surface area (Å²) in [5, 5.41) is 3.67. The Morgan fingerprint density at radius 3 is 2.21 bits per heavy atom. The predicted octanol–water partition coefficient (Wildman–Crippen LogP) is 5.75. The zero-order valence-electron chi connectivity index (χ0n) is 22.4.